The Morgan fingerprint density at radius 3 is 2.33 bits per heavy atom. The van der Waals surface area contributed by atoms with Crippen molar-refractivity contribution < 1.29 is 17.9 Å². The Bertz CT molecular complexity index is 353. The standard InChI is InChI=1S/C12H15BrF3NO/c13-10-4-2-9(3-5-10)11(8-17)18-7-1-6-12(14,15)16/h2-5,11H,1,6-8,17H2. The lowest BCUT2D eigenvalue weighted by Gasteiger charge is -2.16. The molecule has 18 heavy (non-hydrogen) atoms. The van der Waals surface area contributed by atoms with Crippen LogP contribution in [-0.2, 0) is 4.74 Å². The van der Waals surface area contributed by atoms with E-state index >= 15 is 0 Å². The minimum atomic E-state index is -4.13. The van der Waals surface area contributed by atoms with Gasteiger partial charge in [0.05, 0.1) is 6.10 Å². The van der Waals surface area contributed by atoms with Gasteiger partial charge in [0.15, 0.2) is 0 Å². The fourth-order valence-corrected chi connectivity index (χ4v) is 1.74. The van der Waals surface area contributed by atoms with E-state index in [9.17, 15) is 13.2 Å². The van der Waals surface area contributed by atoms with Gasteiger partial charge in [0.2, 0.25) is 0 Å². The summed E-state index contributed by atoms with van der Waals surface area (Å²) in [5.74, 6) is 0. The molecule has 1 unspecified atom stereocenters. The molecule has 0 fully saturated rings. The quantitative estimate of drug-likeness (QED) is 0.807. The molecule has 0 aliphatic carbocycles. The van der Waals surface area contributed by atoms with Crippen LogP contribution in [0.4, 0.5) is 13.2 Å². The second kappa shape index (κ2) is 7.11. The van der Waals surface area contributed by atoms with Gasteiger partial charge < -0.3 is 10.5 Å². The number of ether oxygens (including phenoxy) is 1. The van der Waals surface area contributed by atoms with Crippen molar-refractivity contribution in [1.29, 1.82) is 0 Å². The predicted octanol–water partition coefficient (Wildman–Crippen LogP) is 3.81. The second-order valence-electron chi connectivity index (χ2n) is 3.87. The molecule has 1 aromatic carbocycles. The van der Waals surface area contributed by atoms with Crippen LogP contribution in [0.5, 0.6) is 0 Å². The lowest BCUT2D eigenvalue weighted by Crippen LogP contribution is -2.17. The highest BCUT2D eigenvalue weighted by atomic mass is 79.9. The Balaban J connectivity index is 2.40. The number of hydrogen-bond acceptors (Lipinski definition) is 2. The summed E-state index contributed by atoms with van der Waals surface area (Å²) in [4.78, 5) is 0. The van der Waals surface area contributed by atoms with Gasteiger partial charge in [0.25, 0.3) is 0 Å². The van der Waals surface area contributed by atoms with E-state index in [-0.39, 0.29) is 25.7 Å². The van der Waals surface area contributed by atoms with Gasteiger partial charge in [-0.25, -0.2) is 0 Å². The number of hydrogen-bond donors (Lipinski definition) is 1. The Kier molecular flexibility index (Phi) is 6.11. The van der Waals surface area contributed by atoms with Crippen molar-refractivity contribution in [3.05, 3.63) is 34.3 Å². The zero-order valence-corrected chi connectivity index (χ0v) is 11.3. The Morgan fingerprint density at radius 2 is 1.83 bits per heavy atom. The Hall–Kier alpha value is -0.590. The number of benzene rings is 1. The molecule has 0 bridgehead atoms. The maximum atomic E-state index is 11.9. The molecule has 0 aromatic heterocycles. The maximum absolute atomic E-state index is 11.9. The molecule has 0 spiro atoms. The fraction of sp³-hybridized carbons (Fsp3) is 0.500. The van der Waals surface area contributed by atoms with Crippen LogP contribution < -0.4 is 5.73 Å². The van der Waals surface area contributed by atoms with Gasteiger partial charge >= 0.3 is 6.18 Å². The van der Waals surface area contributed by atoms with E-state index in [0.29, 0.717) is 0 Å². The molecule has 2 N–H and O–H groups in total. The van der Waals surface area contributed by atoms with Gasteiger partial charge in [-0.3, -0.25) is 0 Å². The third-order valence-corrected chi connectivity index (χ3v) is 2.91. The van der Waals surface area contributed by atoms with E-state index in [0.717, 1.165) is 10.0 Å². The first-order chi connectivity index (χ1) is 8.42. The summed E-state index contributed by atoms with van der Waals surface area (Å²) in [7, 11) is 0. The van der Waals surface area contributed by atoms with E-state index in [2.05, 4.69) is 15.9 Å². The van der Waals surface area contributed by atoms with E-state index in [1.54, 1.807) is 0 Å². The van der Waals surface area contributed by atoms with Gasteiger partial charge in [-0.1, -0.05) is 28.1 Å². The summed E-state index contributed by atoms with van der Waals surface area (Å²) >= 11 is 3.31. The summed E-state index contributed by atoms with van der Waals surface area (Å²) < 4.78 is 42.1. The fourth-order valence-electron chi connectivity index (χ4n) is 1.48. The molecule has 102 valence electrons. The van der Waals surface area contributed by atoms with Crippen molar-refractivity contribution in [3.63, 3.8) is 0 Å². The molecule has 0 saturated heterocycles. The van der Waals surface area contributed by atoms with Gasteiger partial charge in [0, 0.05) is 24.0 Å². The Labute approximate surface area is 112 Å². The number of nitrogens with two attached hydrogens (primary N) is 1. The molecule has 0 radical (unpaired) electrons. The van der Waals surface area contributed by atoms with Crippen LogP contribution in [0.15, 0.2) is 28.7 Å². The molecule has 0 saturated carbocycles. The molecule has 1 aromatic rings. The molecule has 1 rings (SSSR count). The second-order valence-corrected chi connectivity index (χ2v) is 4.78. The van der Waals surface area contributed by atoms with Crippen LogP contribution in [-0.4, -0.2) is 19.3 Å². The highest BCUT2D eigenvalue weighted by Crippen LogP contribution is 2.23. The van der Waals surface area contributed by atoms with Gasteiger partial charge in [-0.05, 0) is 24.1 Å². The van der Waals surface area contributed by atoms with Crippen molar-refractivity contribution in [2.75, 3.05) is 13.2 Å². The van der Waals surface area contributed by atoms with Crippen molar-refractivity contribution in [1.82, 2.24) is 0 Å². The first kappa shape index (κ1) is 15.5. The largest absolute Gasteiger partial charge is 0.389 e. The zero-order valence-electron chi connectivity index (χ0n) is 9.71. The molecule has 0 amide bonds. The summed E-state index contributed by atoms with van der Waals surface area (Å²) in [6.07, 6.45) is -5.35. The molecule has 6 heteroatoms. The monoisotopic (exact) mass is 325 g/mol. The molecule has 0 heterocycles. The highest BCUT2D eigenvalue weighted by molar-refractivity contribution is 9.10. The number of alkyl halides is 3. The lowest BCUT2D eigenvalue weighted by atomic mass is 10.1. The van der Waals surface area contributed by atoms with E-state index in [4.69, 9.17) is 10.5 Å². The average Bonchev–Trinajstić information content (AvgIpc) is 2.29. The van der Waals surface area contributed by atoms with E-state index in [1.807, 2.05) is 24.3 Å². The highest BCUT2D eigenvalue weighted by Gasteiger charge is 2.26. The van der Waals surface area contributed by atoms with Crippen LogP contribution in [0.3, 0.4) is 0 Å². The molecule has 0 aliphatic rings. The van der Waals surface area contributed by atoms with Crippen molar-refractivity contribution >= 4 is 15.9 Å². The lowest BCUT2D eigenvalue weighted by molar-refractivity contribution is -0.138. The van der Waals surface area contributed by atoms with Crippen molar-refractivity contribution in [2.45, 2.75) is 25.1 Å². The minimum absolute atomic E-state index is 0.0451. The van der Waals surface area contributed by atoms with Crippen LogP contribution in [0.2, 0.25) is 0 Å². The summed E-state index contributed by atoms with van der Waals surface area (Å²) in [5, 5.41) is 0. The van der Waals surface area contributed by atoms with E-state index < -0.39 is 12.6 Å². The van der Waals surface area contributed by atoms with Crippen LogP contribution >= 0.6 is 15.9 Å². The number of halogens is 4. The summed E-state index contributed by atoms with van der Waals surface area (Å²) in [6, 6.07) is 7.37. The first-order valence-electron chi connectivity index (χ1n) is 5.56. The first-order valence-corrected chi connectivity index (χ1v) is 6.35. The zero-order chi connectivity index (χ0) is 13.6. The molecule has 1 atom stereocenters. The van der Waals surface area contributed by atoms with Crippen LogP contribution in [0.1, 0.15) is 24.5 Å². The molecular formula is C12H15BrF3NO. The third kappa shape index (κ3) is 5.84. The molecular weight excluding hydrogens is 311 g/mol. The SMILES string of the molecule is NCC(OCCCC(F)(F)F)c1ccc(Br)cc1. The van der Waals surface area contributed by atoms with Gasteiger partial charge in [-0.2, -0.15) is 13.2 Å². The van der Waals surface area contributed by atoms with Crippen molar-refractivity contribution in [3.8, 4) is 0 Å². The van der Waals surface area contributed by atoms with Crippen LogP contribution in [0, 0.1) is 0 Å². The minimum Gasteiger partial charge on any atom is -0.372 e. The Morgan fingerprint density at radius 1 is 1.22 bits per heavy atom. The molecule has 0 aliphatic heterocycles. The van der Waals surface area contributed by atoms with Crippen LogP contribution in [0.25, 0.3) is 0 Å². The third-order valence-electron chi connectivity index (χ3n) is 2.38. The van der Waals surface area contributed by atoms with E-state index in [1.165, 1.54) is 0 Å². The molecule has 2 nitrogen and oxygen atoms in total. The maximum Gasteiger partial charge on any atom is 0.389 e. The average molecular weight is 326 g/mol. The van der Waals surface area contributed by atoms with Crippen molar-refractivity contribution in [2.24, 2.45) is 5.73 Å². The van der Waals surface area contributed by atoms with Gasteiger partial charge in [0.1, 0.15) is 0 Å². The smallest absolute Gasteiger partial charge is 0.372 e. The predicted molar refractivity (Wildman–Crippen MR) is 67.2 cm³/mol. The summed E-state index contributed by atoms with van der Waals surface area (Å²) in [5.41, 5.74) is 6.42. The van der Waals surface area contributed by atoms with Gasteiger partial charge in [-0.15, -0.1) is 0 Å². The number of rotatable bonds is 6. The normalized spacial score (nSPS) is 13.6. The summed E-state index contributed by atoms with van der Waals surface area (Å²) in [6.45, 7) is 0.297. The topological polar surface area (TPSA) is 35.2 Å².